The van der Waals surface area contributed by atoms with Crippen LogP contribution in [-0.4, -0.2) is 31.5 Å². The van der Waals surface area contributed by atoms with Gasteiger partial charge in [0.05, 0.1) is 6.54 Å². The molecule has 0 aliphatic rings. The van der Waals surface area contributed by atoms with Crippen molar-refractivity contribution in [2.24, 2.45) is 10.7 Å². The minimum atomic E-state index is -0.0974. The van der Waals surface area contributed by atoms with Crippen molar-refractivity contribution in [3.05, 3.63) is 48.0 Å². The molecule has 0 saturated carbocycles. The zero-order valence-corrected chi connectivity index (χ0v) is 13.9. The van der Waals surface area contributed by atoms with E-state index in [2.05, 4.69) is 22.2 Å². The van der Waals surface area contributed by atoms with Gasteiger partial charge in [0.1, 0.15) is 0 Å². The van der Waals surface area contributed by atoms with Crippen molar-refractivity contribution in [3.63, 3.8) is 0 Å². The van der Waals surface area contributed by atoms with Gasteiger partial charge >= 0.3 is 0 Å². The van der Waals surface area contributed by atoms with Gasteiger partial charge in [-0.15, -0.1) is 24.0 Å². The summed E-state index contributed by atoms with van der Waals surface area (Å²) in [7, 11) is 0. The summed E-state index contributed by atoms with van der Waals surface area (Å²) in [5, 5.41) is 5.71. The Morgan fingerprint density at radius 3 is 2.45 bits per heavy atom. The highest BCUT2D eigenvalue weighted by atomic mass is 127. The summed E-state index contributed by atoms with van der Waals surface area (Å²) in [6.45, 7) is 7.14. The number of halogens is 1. The molecule has 0 aliphatic heterocycles. The van der Waals surface area contributed by atoms with Crippen LogP contribution in [0.2, 0.25) is 0 Å². The zero-order valence-electron chi connectivity index (χ0n) is 11.6. The standard InChI is InChI=1S/C14H20N4O.HI/c1-11(2)10-18-14(15)17-9-8-16-13(19)12-6-4-3-5-7-12;/h3-7H,1,8-10H2,2H3,(H,16,19)(H3,15,17,18);1H. The number of hydrogen-bond donors (Lipinski definition) is 3. The normalized spacial score (nSPS) is 10.3. The van der Waals surface area contributed by atoms with Crippen molar-refractivity contribution in [1.82, 2.24) is 10.6 Å². The van der Waals surface area contributed by atoms with Crippen molar-refractivity contribution in [2.75, 3.05) is 19.6 Å². The van der Waals surface area contributed by atoms with Crippen LogP contribution in [0.15, 0.2) is 47.5 Å². The Kier molecular flexibility index (Phi) is 9.44. The molecule has 110 valence electrons. The highest BCUT2D eigenvalue weighted by Crippen LogP contribution is 1.96. The Balaban J connectivity index is 0.00000361. The van der Waals surface area contributed by atoms with Crippen molar-refractivity contribution in [3.8, 4) is 0 Å². The number of guanidine groups is 1. The molecule has 0 heterocycles. The van der Waals surface area contributed by atoms with E-state index in [0.29, 0.717) is 31.2 Å². The van der Waals surface area contributed by atoms with E-state index in [4.69, 9.17) is 5.73 Å². The number of amides is 1. The lowest BCUT2D eigenvalue weighted by Gasteiger charge is -2.07. The van der Waals surface area contributed by atoms with Crippen molar-refractivity contribution in [2.45, 2.75) is 6.92 Å². The van der Waals surface area contributed by atoms with E-state index in [1.807, 2.05) is 25.1 Å². The van der Waals surface area contributed by atoms with E-state index < -0.39 is 0 Å². The Labute approximate surface area is 136 Å². The highest BCUT2D eigenvalue weighted by molar-refractivity contribution is 14.0. The molecule has 5 nitrogen and oxygen atoms in total. The summed E-state index contributed by atoms with van der Waals surface area (Å²) in [6.07, 6.45) is 0. The van der Waals surface area contributed by atoms with Gasteiger partial charge in [-0.1, -0.05) is 30.4 Å². The average molecular weight is 388 g/mol. The lowest BCUT2D eigenvalue weighted by molar-refractivity contribution is 0.0954. The molecule has 1 aromatic rings. The summed E-state index contributed by atoms with van der Waals surface area (Å²) in [4.78, 5) is 15.8. The van der Waals surface area contributed by atoms with Crippen molar-refractivity contribution < 1.29 is 4.79 Å². The van der Waals surface area contributed by atoms with Crippen LogP contribution < -0.4 is 16.4 Å². The lowest BCUT2D eigenvalue weighted by Crippen LogP contribution is -2.38. The third-order valence-corrected chi connectivity index (χ3v) is 2.27. The highest BCUT2D eigenvalue weighted by Gasteiger charge is 2.02. The van der Waals surface area contributed by atoms with Crippen molar-refractivity contribution >= 4 is 35.8 Å². The fourth-order valence-electron chi connectivity index (χ4n) is 1.33. The molecule has 1 rings (SSSR count). The van der Waals surface area contributed by atoms with E-state index in [9.17, 15) is 4.79 Å². The molecule has 0 bridgehead atoms. The predicted molar refractivity (Wildman–Crippen MR) is 93.5 cm³/mol. The molecule has 20 heavy (non-hydrogen) atoms. The quantitative estimate of drug-likeness (QED) is 0.227. The third-order valence-electron chi connectivity index (χ3n) is 2.27. The maximum absolute atomic E-state index is 11.7. The number of carbonyl (C=O) groups excluding carboxylic acids is 1. The monoisotopic (exact) mass is 388 g/mol. The van der Waals surface area contributed by atoms with Gasteiger partial charge < -0.3 is 16.4 Å². The molecule has 0 unspecified atom stereocenters. The third kappa shape index (κ3) is 7.78. The van der Waals surface area contributed by atoms with Gasteiger partial charge in [0.2, 0.25) is 0 Å². The first kappa shape index (κ1) is 18.4. The van der Waals surface area contributed by atoms with Crippen LogP contribution in [0.5, 0.6) is 0 Å². The minimum absolute atomic E-state index is 0. The van der Waals surface area contributed by atoms with E-state index in [1.54, 1.807) is 12.1 Å². The molecule has 0 saturated heterocycles. The molecule has 6 heteroatoms. The minimum Gasteiger partial charge on any atom is -0.370 e. The summed E-state index contributed by atoms with van der Waals surface area (Å²) < 4.78 is 0. The van der Waals surface area contributed by atoms with E-state index in [0.717, 1.165) is 5.57 Å². The van der Waals surface area contributed by atoms with Gasteiger partial charge in [0.25, 0.3) is 5.91 Å². The van der Waals surface area contributed by atoms with Crippen molar-refractivity contribution in [1.29, 1.82) is 0 Å². The molecule has 0 aliphatic carbocycles. The molecule has 0 radical (unpaired) electrons. The van der Waals surface area contributed by atoms with Crippen LogP contribution >= 0.6 is 24.0 Å². The first-order valence-corrected chi connectivity index (χ1v) is 6.11. The van der Waals surface area contributed by atoms with Crippen LogP contribution in [0.1, 0.15) is 17.3 Å². The van der Waals surface area contributed by atoms with Gasteiger partial charge in [-0.05, 0) is 19.1 Å². The average Bonchev–Trinajstić information content (AvgIpc) is 2.42. The van der Waals surface area contributed by atoms with E-state index in [1.165, 1.54) is 0 Å². The molecular weight excluding hydrogens is 367 g/mol. The van der Waals surface area contributed by atoms with E-state index in [-0.39, 0.29) is 29.9 Å². The van der Waals surface area contributed by atoms with Gasteiger partial charge in [0, 0.05) is 18.7 Å². The number of nitrogens with one attached hydrogen (secondary N) is 2. The molecule has 0 atom stereocenters. The summed E-state index contributed by atoms with van der Waals surface area (Å²) in [6, 6.07) is 9.07. The zero-order chi connectivity index (χ0) is 14.1. The maximum Gasteiger partial charge on any atom is 0.251 e. The maximum atomic E-state index is 11.7. The number of carbonyl (C=O) groups is 1. The number of benzene rings is 1. The second-order valence-corrected chi connectivity index (χ2v) is 4.21. The molecule has 0 spiro atoms. The van der Waals surface area contributed by atoms with Gasteiger partial charge in [-0.2, -0.15) is 0 Å². The van der Waals surface area contributed by atoms with Gasteiger partial charge in [-0.3, -0.25) is 4.79 Å². The first-order valence-electron chi connectivity index (χ1n) is 6.11. The topological polar surface area (TPSA) is 79.5 Å². The number of hydrogen-bond acceptors (Lipinski definition) is 2. The summed E-state index contributed by atoms with van der Waals surface area (Å²) in [5.74, 6) is 0.261. The van der Waals surface area contributed by atoms with Crippen LogP contribution in [-0.2, 0) is 0 Å². The van der Waals surface area contributed by atoms with Crippen LogP contribution in [0.3, 0.4) is 0 Å². The molecule has 0 fully saturated rings. The fraction of sp³-hybridized carbons (Fsp3) is 0.286. The van der Waals surface area contributed by atoms with Crippen LogP contribution in [0, 0.1) is 0 Å². The summed E-state index contributed by atoms with van der Waals surface area (Å²) in [5.41, 5.74) is 7.23. The Morgan fingerprint density at radius 2 is 1.85 bits per heavy atom. The predicted octanol–water partition coefficient (Wildman–Crippen LogP) is 1.51. The van der Waals surface area contributed by atoms with Crippen LogP contribution in [0.4, 0.5) is 0 Å². The number of rotatable bonds is 6. The molecule has 1 amide bonds. The number of nitrogens with zero attached hydrogens (tertiary/aromatic N) is 1. The second-order valence-electron chi connectivity index (χ2n) is 4.21. The van der Waals surface area contributed by atoms with Gasteiger partial charge in [-0.25, -0.2) is 4.99 Å². The Morgan fingerprint density at radius 1 is 1.25 bits per heavy atom. The van der Waals surface area contributed by atoms with Gasteiger partial charge in [0.15, 0.2) is 5.96 Å². The van der Waals surface area contributed by atoms with E-state index >= 15 is 0 Å². The Hall–Kier alpha value is -1.57. The molecule has 4 N–H and O–H groups in total. The fourth-order valence-corrected chi connectivity index (χ4v) is 1.33. The molecule has 0 aromatic heterocycles. The smallest absolute Gasteiger partial charge is 0.251 e. The second kappa shape index (κ2) is 10.2. The molecule has 1 aromatic carbocycles. The first-order chi connectivity index (χ1) is 9.09. The SMILES string of the molecule is C=C(C)CN=C(N)NCCNC(=O)c1ccccc1.I. The molecular formula is C14H21IN4O. The lowest BCUT2D eigenvalue weighted by atomic mass is 10.2. The number of aliphatic imine (C=N–C) groups is 1. The summed E-state index contributed by atoms with van der Waals surface area (Å²) >= 11 is 0. The Bertz CT molecular complexity index is 460. The number of nitrogens with two attached hydrogens (primary N) is 1. The largest absolute Gasteiger partial charge is 0.370 e. The van der Waals surface area contributed by atoms with Crippen LogP contribution in [0.25, 0.3) is 0 Å².